The molecule has 0 unspecified atom stereocenters. The smallest absolute Gasteiger partial charge is 0.266 e. The number of nitrogens with zero attached hydrogens (tertiary/aromatic N) is 4. The first-order valence-corrected chi connectivity index (χ1v) is 14.8. The molecule has 1 fully saturated rings. The van der Waals surface area contributed by atoms with Gasteiger partial charge in [0.15, 0.2) is 0 Å². The van der Waals surface area contributed by atoms with Crippen LogP contribution in [0, 0.1) is 11.3 Å². The van der Waals surface area contributed by atoms with Crippen molar-refractivity contribution in [3.05, 3.63) is 96.2 Å². The third-order valence-electron chi connectivity index (χ3n) is 6.57. The lowest BCUT2D eigenvalue weighted by molar-refractivity contribution is -0.112. The van der Waals surface area contributed by atoms with Gasteiger partial charge in [-0.1, -0.05) is 30.3 Å². The summed E-state index contributed by atoms with van der Waals surface area (Å²) in [6.07, 6.45) is 3.16. The minimum Gasteiger partial charge on any atom is -0.494 e. The summed E-state index contributed by atoms with van der Waals surface area (Å²) in [5, 5.41) is 17.4. The van der Waals surface area contributed by atoms with Gasteiger partial charge in [-0.15, -0.1) is 0 Å². The summed E-state index contributed by atoms with van der Waals surface area (Å²) >= 11 is 0. The van der Waals surface area contributed by atoms with Crippen LogP contribution in [0.5, 0.6) is 5.75 Å². The first kappa shape index (κ1) is 28.8. The largest absolute Gasteiger partial charge is 0.494 e. The van der Waals surface area contributed by atoms with E-state index in [-0.39, 0.29) is 23.6 Å². The van der Waals surface area contributed by atoms with Gasteiger partial charge in [0.05, 0.1) is 30.4 Å². The number of aromatic nitrogens is 2. The van der Waals surface area contributed by atoms with Crippen LogP contribution in [-0.2, 0) is 19.6 Å². The number of nitrogens with one attached hydrogen (secondary N) is 1. The van der Waals surface area contributed by atoms with E-state index in [2.05, 4.69) is 5.32 Å². The Bertz CT molecular complexity index is 1740. The van der Waals surface area contributed by atoms with Crippen LogP contribution in [0.2, 0.25) is 0 Å². The molecule has 0 spiro atoms. The first-order chi connectivity index (χ1) is 20.4. The maximum Gasteiger partial charge on any atom is 0.266 e. The number of anilines is 1. The van der Waals surface area contributed by atoms with Crippen LogP contribution in [0.15, 0.2) is 95.5 Å². The molecule has 5 rings (SSSR count). The highest BCUT2D eigenvalue weighted by Crippen LogP contribution is 2.29. The summed E-state index contributed by atoms with van der Waals surface area (Å²) in [5.74, 6) is 0.0751. The predicted octanol–water partition coefficient (Wildman–Crippen LogP) is 4.50. The Morgan fingerprint density at radius 2 is 1.81 bits per heavy atom. The van der Waals surface area contributed by atoms with Crippen molar-refractivity contribution in [2.45, 2.75) is 11.8 Å². The van der Waals surface area contributed by atoms with Crippen LogP contribution in [0.4, 0.5) is 5.69 Å². The SMILES string of the molecule is CCOc1ccc(NC(=O)/C(C#N)=C\c2cn(-c3ccccc3)nc2-c2cccc(S(=O)(=O)N3CCOCC3)c2)cc1. The number of carbonyl (C=O) groups excluding carboxylic acids is 1. The molecule has 42 heavy (non-hydrogen) atoms. The second-order valence-corrected chi connectivity index (χ2v) is 11.3. The first-order valence-electron chi connectivity index (χ1n) is 13.4. The van der Waals surface area contributed by atoms with Crippen LogP contribution < -0.4 is 10.1 Å². The number of carbonyl (C=O) groups is 1. The molecule has 0 saturated carbocycles. The molecule has 4 aromatic rings. The molecule has 0 radical (unpaired) electrons. The number of morpholine rings is 1. The van der Waals surface area contributed by atoms with E-state index in [9.17, 15) is 18.5 Å². The molecule has 2 heterocycles. The average Bonchev–Trinajstić information content (AvgIpc) is 3.46. The topological polar surface area (TPSA) is 127 Å². The molecule has 1 amide bonds. The predicted molar refractivity (Wildman–Crippen MR) is 158 cm³/mol. The minimum absolute atomic E-state index is 0.125. The van der Waals surface area contributed by atoms with Crippen molar-refractivity contribution in [1.29, 1.82) is 5.26 Å². The molecule has 1 aliphatic rings. The van der Waals surface area contributed by atoms with Gasteiger partial charge in [-0.25, -0.2) is 13.1 Å². The molecular formula is C31H29N5O5S. The van der Waals surface area contributed by atoms with E-state index >= 15 is 0 Å². The number of hydrogen-bond acceptors (Lipinski definition) is 7. The number of ether oxygens (including phenoxy) is 2. The van der Waals surface area contributed by atoms with Crippen molar-refractivity contribution < 1.29 is 22.7 Å². The van der Waals surface area contributed by atoms with Gasteiger partial charge in [0, 0.05) is 36.1 Å². The maximum absolute atomic E-state index is 13.4. The third kappa shape index (κ3) is 6.42. The minimum atomic E-state index is -3.76. The summed E-state index contributed by atoms with van der Waals surface area (Å²) in [4.78, 5) is 13.2. The van der Waals surface area contributed by atoms with E-state index < -0.39 is 15.9 Å². The summed E-state index contributed by atoms with van der Waals surface area (Å²) in [5.41, 5.74) is 2.53. The summed E-state index contributed by atoms with van der Waals surface area (Å²) in [6, 6.07) is 24.7. The molecule has 0 atom stereocenters. The molecule has 0 aliphatic carbocycles. The average molecular weight is 584 g/mol. The molecule has 214 valence electrons. The Morgan fingerprint density at radius 1 is 1.07 bits per heavy atom. The standard InChI is InChI=1S/C31H29N5O5S/c1-2-41-28-13-11-26(12-14-28)33-31(37)24(21-32)19-25-22-36(27-8-4-3-5-9-27)34-30(25)23-7-6-10-29(20-23)42(38,39)35-15-17-40-18-16-35/h3-14,19-20,22H,2,15-18H2,1H3,(H,33,37)/b24-19-. The molecule has 10 nitrogen and oxygen atoms in total. The second kappa shape index (κ2) is 12.8. The van der Waals surface area contributed by atoms with Crippen molar-refractivity contribution in [1.82, 2.24) is 14.1 Å². The van der Waals surface area contributed by atoms with Gasteiger partial charge in [-0.05, 0) is 61.5 Å². The van der Waals surface area contributed by atoms with Gasteiger partial charge in [0.25, 0.3) is 5.91 Å². The monoisotopic (exact) mass is 583 g/mol. The number of amides is 1. The van der Waals surface area contributed by atoms with Gasteiger partial charge in [0.1, 0.15) is 23.1 Å². The third-order valence-corrected chi connectivity index (χ3v) is 8.46. The number of para-hydroxylation sites is 1. The number of sulfonamides is 1. The second-order valence-electron chi connectivity index (χ2n) is 9.34. The number of nitriles is 1. The zero-order chi connectivity index (χ0) is 29.5. The quantitative estimate of drug-likeness (QED) is 0.227. The van der Waals surface area contributed by atoms with Crippen molar-refractivity contribution >= 4 is 27.7 Å². The highest BCUT2D eigenvalue weighted by molar-refractivity contribution is 7.89. The van der Waals surface area contributed by atoms with E-state index in [1.54, 1.807) is 59.4 Å². The van der Waals surface area contributed by atoms with Crippen molar-refractivity contribution in [2.24, 2.45) is 0 Å². The fourth-order valence-electron chi connectivity index (χ4n) is 4.47. The molecule has 1 aromatic heterocycles. The maximum atomic E-state index is 13.4. The van der Waals surface area contributed by atoms with Crippen LogP contribution >= 0.6 is 0 Å². The van der Waals surface area contributed by atoms with Crippen molar-refractivity contribution in [3.63, 3.8) is 0 Å². The molecule has 3 aromatic carbocycles. The Balaban J connectivity index is 1.52. The van der Waals surface area contributed by atoms with Crippen LogP contribution in [-0.4, -0.2) is 61.3 Å². The molecule has 1 N–H and O–H groups in total. The Labute approximate surface area is 244 Å². The summed E-state index contributed by atoms with van der Waals surface area (Å²) in [7, 11) is -3.76. The van der Waals surface area contributed by atoms with E-state index in [4.69, 9.17) is 14.6 Å². The van der Waals surface area contributed by atoms with Gasteiger partial charge < -0.3 is 14.8 Å². The van der Waals surface area contributed by atoms with E-state index in [0.29, 0.717) is 48.1 Å². The highest BCUT2D eigenvalue weighted by atomic mass is 32.2. The van der Waals surface area contributed by atoms with Gasteiger partial charge in [0.2, 0.25) is 10.0 Å². The molecule has 1 saturated heterocycles. The molecular weight excluding hydrogens is 554 g/mol. The Hall–Kier alpha value is -4.76. The lowest BCUT2D eigenvalue weighted by atomic mass is 10.1. The molecule has 0 bridgehead atoms. The lowest BCUT2D eigenvalue weighted by Gasteiger charge is -2.26. The summed E-state index contributed by atoms with van der Waals surface area (Å²) < 4.78 is 40.5. The highest BCUT2D eigenvalue weighted by Gasteiger charge is 2.27. The van der Waals surface area contributed by atoms with E-state index in [0.717, 1.165) is 5.69 Å². The normalized spacial score (nSPS) is 14.2. The zero-order valence-corrected chi connectivity index (χ0v) is 23.8. The summed E-state index contributed by atoms with van der Waals surface area (Å²) in [6.45, 7) is 3.63. The van der Waals surface area contributed by atoms with E-state index in [1.165, 1.54) is 10.4 Å². The molecule has 11 heteroatoms. The van der Waals surface area contributed by atoms with Crippen molar-refractivity contribution in [3.8, 4) is 28.8 Å². The fourth-order valence-corrected chi connectivity index (χ4v) is 5.93. The fraction of sp³-hybridized carbons (Fsp3) is 0.194. The lowest BCUT2D eigenvalue weighted by Crippen LogP contribution is -2.40. The van der Waals surface area contributed by atoms with Gasteiger partial charge in [-0.2, -0.15) is 14.7 Å². The van der Waals surface area contributed by atoms with Crippen LogP contribution in [0.1, 0.15) is 12.5 Å². The number of hydrogen-bond donors (Lipinski definition) is 1. The Kier molecular flexibility index (Phi) is 8.78. The van der Waals surface area contributed by atoms with Crippen LogP contribution in [0.25, 0.3) is 23.0 Å². The zero-order valence-electron chi connectivity index (χ0n) is 22.9. The number of rotatable bonds is 9. The van der Waals surface area contributed by atoms with Crippen LogP contribution in [0.3, 0.4) is 0 Å². The Morgan fingerprint density at radius 3 is 2.50 bits per heavy atom. The van der Waals surface area contributed by atoms with Crippen molar-refractivity contribution in [2.75, 3.05) is 38.2 Å². The van der Waals surface area contributed by atoms with Gasteiger partial charge in [-0.3, -0.25) is 4.79 Å². The molecule has 1 aliphatic heterocycles. The number of benzene rings is 3. The van der Waals surface area contributed by atoms with E-state index in [1.807, 2.05) is 43.3 Å². The van der Waals surface area contributed by atoms with Gasteiger partial charge >= 0.3 is 0 Å².